The van der Waals surface area contributed by atoms with Gasteiger partial charge in [-0.2, -0.15) is 13.2 Å². The van der Waals surface area contributed by atoms with E-state index in [-0.39, 0.29) is 17.5 Å². The first-order valence-electron chi connectivity index (χ1n) is 8.50. The molecular formula is C18H16F3N5O2. The number of hydrogen-bond donors (Lipinski definition) is 2. The van der Waals surface area contributed by atoms with Crippen LogP contribution in [-0.2, 0) is 0 Å². The van der Waals surface area contributed by atoms with Crippen LogP contribution in [-0.4, -0.2) is 44.2 Å². The first-order chi connectivity index (χ1) is 13.3. The second-order valence-electron chi connectivity index (χ2n) is 6.49. The van der Waals surface area contributed by atoms with Crippen LogP contribution >= 0.6 is 0 Å². The molecule has 0 radical (unpaired) electrons. The van der Waals surface area contributed by atoms with Gasteiger partial charge in [0.25, 0.3) is 0 Å². The zero-order valence-electron chi connectivity index (χ0n) is 14.7. The summed E-state index contributed by atoms with van der Waals surface area (Å²) in [6.07, 6.45) is -3.03. The SMILES string of the molecule is CC1CNc2cc(O)ccc2-n2c(-c3ccc(OCC(F)(F)F)nc3)nnc21. The molecule has 1 atom stereocenters. The highest BCUT2D eigenvalue weighted by atomic mass is 19.4. The summed E-state index contributed by atoms with van der Waals surface area (Å²) in [6.45, 7) is 1.20. The van der Waals surface area contributed by atoms with Gasteiger partial charge in [-0.1, -0.05) is 6.92 Å². The number of alkyl halides is 3. The fourth-order valence-electron chi connectivity index (χ4n) is 3.01. The quantitative estimate of drug-likeness (QED) is 0.711. The number of nitrogens with zero attached hydrogens (tertiary/aromatic N) is 4. The number of fused-ring (bicyclic) bond motifs is 3. The molecule has 146 valence electrons. The Morgan fingerprint density at radius 1 is 1.25 bits per heavy atom. The van der Waals surface area contributed by atoms with E-state index in [0.29, 0.717) is 17.9 Å². The van der Waals surface area contributed by atoms with Crippen LogP contribution in [0.4, 0.5) is 18.9 Å². The molecule has 0 fully saturated rings. The minimum Gasteiger partial charge on any atom is -0.508 e. The average Bonchev–Trinajstić information content (AvgIpc) is 3.04. The summed E-state index contributed by atoms with van der Waals surface area (Å²) in [4.78, 5) is 3.94. The van der Waals surface area contributed by atoms with Crippen molar-refractivity contribution in [3.05, 3.63) is 42.4 Å². The molecule has 1 aliphatic heterocycles. The van der Waals surface area contributed by atoms with Crippen LogP contribution in [0.5, 0.6) is 11.6 Å². The lowest BCUT2D eigenvalue weighted by atomic mass is 10.1. The fourth-order valence-corrected chi connectivity index (χ4v) is 3.01. The first-order valence-corrected chi connectivity index (χ1v) is 8.50. The Kier molecular flexibility index (Phi) is 4.33. The maximum atomic E-state index is 12.3. The smallest absolute Gasteiger partial charge is 0.422 e. The van der Waals surface area contributed by atoms with Gasteiger partial charge in [0.1, 0.15) is 11.6 Å². The van der Waals surface area contributed by atoms with E-state index in [1.54, 1.807) is 24.3 Å². The first kappa shape index (κ1) is 18.1. The normalized spacial score (nSPS) is 15.9. The third kappa shape index (κ3) is 3.45. The maximum Gasteiger partial charge on any atom is 0.422 e. The van der Waals surface area contributed by atoms with Crippen LogP contribution in [0.1, 0.15) is 18.7 Å². The Bertz CT molecular complexity index is 1000. The van der Waals surface area contributed by atoms with Crippen LogP contribution in [0.15, 0.2) is 36.5 Å². The number of anilines is 1. The predicted octanol–water partition coefficient (Wildman–Crippen LogP) is 3.51. The summed E-state index contributed by atoms with van der Waals surface area (Å²) in [5, 5.41) is 21.6. The van der Waals surface area contributed by atoms with Gasteiger partial charge in [0.15, 0.2) is 12.4 Å². The molecule has 0 saturated carbocycles. The van der Waals surface area contributed by atoms with Crippen molar-refractivity contribution in [2.45, 2.75) is 19.0 Å². The van der Waals surface area contributed by atoms with E-state index >= 15 is 0 Å². The largest absolute Gasteiger partial charge is 0.508 e. The number of aromatic nitrogens is 4. The Morgan fingerprint density at radius 2 is 2.07 bits per heavy atom. The van der Waals surface area contributed by atoms with Crippen molar-refractivity contribution in [2.75, 3.05) is 18.5 Å². The van der Waals surface area contributed by atoms with Gasteiger partial charge in [0, 0.05) is 36.4 Å². The monoisotopic (exact) mass is 391 g/mol. The Labute approximate surface area is 157 Å². The number of hydrogen-bond acceptors (Lipinski definition) is 6. The van der Waals surface area contributed by atoms with Crippen molar-refractivity contribution in [3.63, 3.8) is 0 Å². The molecule has 0 bridgehead atoms. The van der Waals surface area contributed by atoms with Gasteiger partial charge in [-0.05, 0) is 18.2 Å². The van der Waals surface area contributed by atoms with Gasteiger partial charge in [-0.3, -0.25) is 4.57 Å². The molecule has 1 aromatic carbocycles. The molecule has 28 heavy (non-hydrogen) atoms. The average molecular weight is 391 g/mol. The van der Waals surface area contributed by atoms with Crippen molar-refractivity contribution in [3.8, 4) is 28.7 Å². The summed E-state index contributed by atoms with van der Waals surface area (Å²) in [5.74, 6) is 1.26. The van der Waals surface area contributed by atoms with Gasteiger partial charge in [-0.15, -0.1) is 10.2 Å². The molecule has 4 rings (SSSR count). The van der Waals surface area contributed by atoms with Crippen molar-refractivity contribution in [2.24, 2.45) is 0 Å². The lowest BCUT2D eigenvalue weighted by Gasteiger charge is -2.13. The molecule has 0 spiro atoms. The second kappa shape index (κ2) is 6.70. The van der Waals surface area contributed by atoms with Gasteiger partial charge >= 0.3 is 6.18 Å². The molecule has 7 nitrogen and oxygen atoms in total. The number of rotatable bonds is 3. The highest BCUT2D eigenvalue weighted by molar-refractivity contribution is 5.69. The number of halogens is 3. The number of nitrogens with one attached hydrogen (secondary N) is 1. The number of phenols is 1. The Morgan fingerprint density at radius 3 is 2.79 bits per heavy atom. The predicted molar refractivity (Wildman–Crippen MR) is 94.7 cm³/mol. The lowest BCUT2D eigenvalue weighted by Crippen LogP contribution is -2.19. The molecule has 10 heteroatoms. The van der Waals surface area contributed by atoms with E-state index in [0.717, 1.165) is 17.2 Å². The molecule has 1 aliphatic rings. The Hall–Kier alpha value is -3.30. The maximum absolute atomic E-state index is 12.3. The van der Waals surface area contributed by atoms with E-state index in [2.05, 4.69) is 25.2 Å². The number of aromatic hydroxyl groups is 1. The molecule has 2 aromatic heterocycles. The van der Waals surface area contributed by atoms with Crippen molar-refractivity contribution in [1.29, 1.82) is 0 Å². The van der Waals surface area contributed by atoms with Gasteiger partial charge in [0.2, 0.25) is 5.88 Å². The van der Waals surface area contributed by atoms with Crippen LogP contribution in [0.2, 0.25) is 0 Å². The summed E-state index contributed by atoms with van der Waals surface area (Å²) >= 11 is 0. The van der Waals surface area contributed by atoms with Crippen molar-refractivity contribution >= 4 is 5.69 Å². The molecule has 3 heterocycles. The number of ether oxygens (including phenoxy) is 1. The number of pyridine rings is 1. The van der Waals surface area contributed by atoms with Crippen LogP contribution in [0, 0.1) is 0 Å². The van der Waals surface area contributed by atoms with Crippen LogP contribution < -0.4 is 10.1 Å². The molecule has 1 unspecified atom stereocenters. The van der Waals surface area contributed by atoms with E-state index in [4.69, 9.17) is 0 Å². The summed E-state index contributed by atoms with van der Waals surface area (Å²) < 4.78 is 43.3. The summed E-state index contributed by atoms with van der Waals surface area (Å²) in [7, 11) is 0. The summed E-state index contributed by atoms with van der Waals surface area (Å²) in [5.41, 5.74) is 2.06. The van der Waals surface area contributed by atoms with Gasteiger partial charge in [-0.25, -0.2) is 4.98 Å². The highest BCUT2D eigenvalue weighted by Gasteiger charge is 2.29. The minimum atomic E-state index is -4.43. The van der Waals surface area contributed by atoms with Crippen LogP contribution in [0.3, 0.4) is 0 Å². The highest BCUT2D eigenvalue weighted by Crippen LogP contribution is 2.35. The second-order valence-corrected chi connectivity index (χ2v) is 6.49. The zero-order chi connectivity index (χ0) is 19.9. The van der Waals surface area contributed by atoms with Crippen molar-refractivity contribution in [1.82, 2.24) is 19.7 Å². The lowest BCUT2D eigenvalue weighted by molar-refractivity contribution is -0.154. The molecule has 0 aliphatic carbocycles. The minimum absolute atomic E-state index is 0.0399. The Balaban J connectivity index is 1.72. The molecular weight excluding hydrogens is 375 g/mol. The van der Waals surface area contributed by atoms with Crippen LogP contribution in [0.25, 0.3) is 17.1 Å². The molecule has 0 saturated heterocycles. The third-order valence-electron chi connectivity index (χ3n) is 4.33. The fraction of sp³-hybridized carbons (Fsp3) is 0.278. The molecule has 3 aromatic rings. The third-order valence-corrected chi connectivity index (χ3v) is 4.33. The van der Waals surface area contributed by atoms with E-state index in [1.165, 1.54) is 12.3 Å². The zero-order valence-corrected chi connectivity index (χ0v) is 14.7. The van der Waals surface area contributed by atoms with E-state index in [9.17, 15) is 18.3 Å². The van der Waals surface area contributed by atoms with Gasteiger partial charge in [0.05, 0.1) is 11.4 Å². The summed E-state index contributed by atoms with van der Waals surface area (Å²) in [6, 6.07) is 7.88. The topological polar surface area (TPSA) is 85.1 Å². The van der Waals surface area contributed by atoms with Gasteiger partial charge < -0.3 is 15.2 Å². The van der Waals surface area contributed by atoms with E-state index < -0.39 is 12.8 Å². The van der Waals surface area contributed by atoms with Crippen molar-refractivity contribution < 1.29 is 23.0 Å². The standard InChI is InChI=1S/C18H16F3N5O2/c1-10-7-22-13-6-12(27)3-4-14(13)26-16(10)24-25-17(26)11-2-5-15(23-8-11)28-9-18(19,20)21/h2-6,8,10,22,27H,7,9H2,1H3. The molecule has 0 amide bonds. The molecule has 2 N–H and O–H groups in total. The number of phenolic OH excluding ortho intramolecular Hbond substituents is 1. The van der Waals surface area contributed by atoms with E-state index in [1.807, 2.05) is 11.5 Å². The number of benzene rings is 1.